The van der Waals surface area contributed by atoms with Gasteiger partial charge < -0.3 is 9.92 Å². The molecule has 2 atom stereocenters. The van der Waals surface area contributed by atoms with Crippen molar-refractivity contribution in [3.05, 3.63) is 9.90 Å². The summed E-state index contributed by atoms with van der Waals surface area (Å²) in [5.74, 6) is -0.715. The van der Waals surface area contributed by atoms with Gasteiger partial charge in [0, 0.05) is 5.75 Å². The van der Waals surface area contributed by atoms with Crippen LogP contribution in [0.15, 0.2) is 9.90 Å². The molecule has 0 saturated heterocycles. The number of thiol groups is 1. The molecule has 0 aromatic heterocycles. The summed E-state index contributed by atoms with van der Waals surface area (Å²) in [6.07, 6.45) is 0. The van der Waals surface area contributed by atoms with Gasteiger partial charge >= 0.3 is 5.97 Å². The van der Waals surface area contributed by atoms with E-state index in [1.165, 1.54) is 0 Å². The fourth-order valence-corrected chi connectivity index (χ4v) is 1.38. The molecule has 0 rings (SSSR count). The molecular weight excluding hydrogens is 257 g/mol. The average molecular weight is 264 g/mol. The standard InChI is InChI=1S/C5H7Cl2NO3S2/c6-4(7)2-13(10)11-5(9)3(8)1-12/h2-3,12H,1,8H2. The van der Waals surface area contributed by atoms with Gasteiger partial charge in [0.05, 0.1) is 5.41 Å². The van der Waals surface area contributed by atoms with Crippen LogP contribution < -0.4 is 5.73 Å². The van der Waals surface area contributed by atoms with Crippen LogP contribution in [0.2, 0.25) is 0 Å². The van der Waals surface area contributed by atoms with Gasteiger partial charge in [-0.2, -0.15) is 12.6 Å². The lowest BCUT2D eigenvalue weighted by molar-refractivity contribution is -0.134. The fourth-order valence-electron chi connectivity index (χ4n) is 0.314. The van der Waals surface area contributed by atoms with Crippen molar-refractivity contribution in [3.63, 3.8) is 0 Å². The van der Waals surface area contributed by atoms with Crippen molar-refractivity contribution in [2.75, 3.05) is 5.75 Å². The van der Waals surface area contributed by atoms with Crippen LogP contribution in [0.3, 0.4) is 0 Å². The van der Waals surface area contributed by atoms with Crippen LogP contribution in [0.1, 0.15) is 0 Å². The first-order chi connectivity index (χ1) is 5.97. The van der Waals surface area contributed by atoms with E-state index >= 15 is 0 Å². The van der Waals surface area contributed by atoms with E-state index in [9.17, 15) is 9.00 Å². The molecule has 0 spiro atoms. The van der Waals surface area contributed by atoms with Crippen LogP contribution in [-0.4, -0.2) is 22.0 Å². The lowest BCUT2D eigenvalue weighted by Crippen LogP contribution is -2.34. The summed E-state index contributed by atoms with van der Waals surface area (Å²) < 4.78 is 14.9. The molecule has 0 aromatic carbocycles. The van der Waals surface area contributed by atoms with Gasteiger partial charge in [0.2, 0.25) is 11.1 Å². The molecule has 13 heavy (non-hydrogen) atoms. The zero-order chi connectivity index (χ0) is 10.4. The van der Waals surface area contributed by atoms with Gasteiger partial charge in [-0.1, -0.05) is 23.2 Å². The van der Waals surface area contributed by atoms with E-state index in [1.807, 2.05) is 0 Å². The summed E-state index contributed by atoms with van der Waals surface area (Å²) in [6, 6.07) is -0.908. The van der Waals surface area contributed by atoms with Gasteiger partial charge in [-0.05, 0) is 0 Å². The van der Waals surface area contributed by atoms with E-state index in [0.29, 0.717) is 0 Å². The number of rotatable bonds is 4. The number of carbonyl (C=O) groups is 1. The number of carbonyl (C=O) groups excluding carboxylic acids is 1. The van der Waals surface area contributed by atoms with Crippen molar-refractivity contribution in [3.8, 4) is 0 Å². The second kappa shape index (κ2) is 6.67. The van der Waals surface area contributed by atoms with Gasteiger partial charge in [-0.15, -0.1) is 0 Å². The average Bonchev–Trinajstić information content (AvgIpc) is 2.01. The molecule has 0 aromatic rings. The molecule has 0 aliphatic rings. The van der Waals surface area contributed by atoms with Crippen LogP contribution in [0, 0.1) is 0 Å². The molecule has 0 fully saturated rings. The number of nitrogens with two attached hydrogens (primary N) is 1. The lowest BCUT2D eigenvalue weighted by Gasteiger charge is -2.04. The predicted molar refractivity (Wildman–Crippen MR) is 55.9 cm³/mol. The van der Waals surface area contributed by atoms with E-state index in [4.69, 9.17) is 28.9 Å². The molecule has 0 saturated carbocycles. The third kappa shape index (κ3) is 6.34. The monoisotopic (exact) mass is 263 g/mol. The minimum atomic E-state index is -1.99. The Hall–Kier alpha value is 0.250. The molecule has 4 nitrogen and oxygen atoms in total. The van der Waals surface area contributed by atoms with Crippen molar-refractivity contribution in [2.45, 2.75) is 6.04 Å². The highest BCUT2D eigenvalue weighted by Gasteiger charge is 2.15. The Kier molecular flexibility index (Phi) is 6.79. The highest BCUT2D eigenvalue weighted by Crippen LogP contribution is 2.08. The van der Waals surface area contributed by atoms with E-state index in [1.54, 1.807) is 0 Å². The van der Waals surface area contributed by atoms with Crippen molar-refractivity contribution < 1.29 is 13.2 Å². The third-order valence-corrected chi connectivity index (χ3v) is 2.48. The van der Waals surface area contributed by atoms with E-state index < -0.39 is 23.1 Å². The third-order valence-electron chi connectivity index (χ3n) is 0.849. The Morgan fingerprint density at radius 3 is 2.62 bits per heavy atom. The van der Waals surface area contributed by atoms with E-state index in [-0.39, 0.29) is 10.2 Å². The molecule has 2 N–H and O–H groups in total. The van der Waals surface area contributed by atoms with Crippen molar-refractivity contribution in [2.24, 2.45) is 5.73 Å². The highest BCUT2D eigenvalue weighted by molar-refractivity contribution is 7.83. The lowest BCUT2D eigenvalue weighted by atomic mass is 10.4. The summed E-state index contributed by atoms with van der Waals surface area (Å²) in [4.78, 5) is 10.9. The first-order valence-electron chi connectivity index (χ1n) is 2.99. The molecule has 2 unspecified atom stereocenters. The largest absolute Gasteiger partial charge is 0.359 e. The van der Waals surface area contributed by atoms with Crippen LogP contribution in [-0.2, 0) is 20.1 Å². The van der Waals surface area contributed by atoms with Crippen LogP contribution in [0.4, 0.5) is 0 Å². The molecule has 8 heteroatoms. The van der Waals surface area contributed by atoms with E-state index in [0.717, 1.165) is 5.41 Å². The Morgan fingerprint density at radius 1 is 1.69 bits per heavy atom. The maximum Gasteiger partial charge on any atom is 0.337 e. The quantitative estimate of drug-likeness (QED) is 0.734. The zero-order valence-corrected chi connectivity index (χ0v) is 9.50. The van der Waals surface area contributed by atoms with Crippen LogP contribution in [0.25, 0.3) is 0 Å². The first-order valence-corrected chi connectivity index (χ1v) is 5.52. The molecular formula is C5H7Cl2NO3S2. The van der Waals surface area contributed by atoms with Crippen LogP contribution >= 0.6 is 35.8 Å². The molecule has 0 amide bonds. The summed E-state index contributed by atoms with van der Waals surface area (Å²) in [5, 5.41) is 0.867. The maximum atomic E-state index is 10.9. The van der Waals surface area contributed by atoms with Gasteiger partial charge in [0.25, 0.3) is 0 Å². The number of hydrogen-bond acceptors (Lipinski definition) is 5. The van der Waals surface area contributed by atoms with Gasteiger partial charge in [0.15, 0.2) is 0 Å². The van der Waals surface area contributed by atoms with Gasteiger partial charge in [0.1, 0.15) is 10.5 Å². The van der Waals surface area contributed by atoms with Crippen molar-refractivity contribution in [1.29, 1.82) is 0 Å². The minimum absolute atomic E-state index is 0.106. The fraction of sp³-hybridized carbons (Fsp3) is 0.400. The minimum Gasteiger partial charge on any atom is -0.359 e. The summed E-state index contributed by atoms with van der Waals surface area (Å²) in [6.45, 7) is 0. The molecule has 76 valence electrons. The van der Waals surface area contributed by atoms with Gasteiger partial charge in [-0.3, -0.25) is 0 Å². The Labute approximate surface area is 93.5 Å². The van der Waals surface area contributed by atoms with E-state index in [2.05, 4.69) is 16.8 Å². The zero-order valence-electron chi connectivity index (χ0n) is 6.28. The molecule has 0 heterocycles. The van der Waals surface area contributed by atoms with Crippen molar-refractivity contribution >= 4 is 52.9 Å². The summed E-state index contributed by atoms with van der Waals surface area (Å²) >= 11 is 12.1. The van der Waals surface area contributed by atoms with Gasteiger partial charge in [-0.25, -0.2) is 9.00 Å². The Bertz CT molecular complexity index is 242. The molecule has 0 radical (unpaired) electrons. The number of halogens is 2. The number of hydrogen-bond donors (Lipinski definition) is 2. The smallest absolute Gasteiger partial charge is 0.337 e. The Balaban J connectivity index is 4.07. The highest BCUT2D eigenvalue weighted by atomic mass is 35.5. The maximum absolute atomic E-state index is 10.9. The normalized spacial score (nSPS) is 14.5. The summed E-state index contributed by atoms with van der Waals surface area (Å²) in [7, 11) is 0. The Morgan fingerprint density at radius 2 is 2.23 bits per heavy atom. The predicted octanol–water partition coefficient (Wildman–Crippen LogP) is 0.727. The van der Waals surface area contributed by atoms with Crippen molar-refractivity contribution in [1.82, 2.24) is 0 Å². The second-order valence-electron chi connectivity index (χ2n) is 1.86. The molecule has 0 aliphatic carbocycles. The second-order valence-corrected chi connectivity index (χ2v) is 4.16. The van der Waals surface area contributed by atoms with Crippen LogP contribution in [0.5, 0.6) is 0 Å². The first kappa shape index (κ1) is 13.2. The molecule has 0 aliphatic heterocycles. The SMILES string of the molecule is NC(CS)C(=O)OS(=O)C=C(Cl)Cl. The summed E-state index contributed by atoms with van der Waals surface area (Å²) in [5.41, 5.74) is 5.22. The molecule has 0 bridgehead atoms. The topological polar surface area (TPSA) is 69.4 Å².